The summed E-state index contributed by atoms with van der Waals surface area (Å²) >= 11 is 1.56. The van der Waals surface area contributed by atoms with Crippen molar-refractivity contribution < 1.29 is 4.79 Å². The Kier molecular flexibility index (Phi) is 3.50. The Morgan fingerprint density at radius 2 is 1.84 bits per heavy atom. The molecule has 1 heterocycles. The van der Waals surface area contributed by atoms with Gasteiger partial charge in [0.1, 0.15) is 0 Å². The van der Waals surface area contributed by atoms with E-state index < -0.39 is 0 Å². The largest absolute Gasteiger partial charge is 0.398 e. The Labute approximate surface area is 118 Å². The second-order valence-electron chi connectivity index (χ2n) is 5.78. The smallest absolute Gasteiger partial charge is 0.205 e. The fourth-order valence-electron chi connectivity index (χ4n) is 1.99. The molecule has 2 N–H and O–H groups in total. The minimum atomic E-state index is 0.0242. The van der Waals surface area contributed by atoms with E-state index in [0.29, 0.717) is 11.3 Å². The van der Waals surface area contributed by atoms with Gasteiger partial charge in [-0.1, -0.05) is 32.9 Å². The second-order valence-corrected chi connectivity index (χ2v) is 6.87. The van der Waals surface area contributed by atoms with Crippen molar-refractivity contribution >= 4 is 22.8 Å². The molecule has 3 heteroatoms. The highest BCUT2D eigenvalue weighted by Crippen LogP contribution is 2.31. The predicted molar refractivity (Wildman–Crippen MR) is 82.0 cm³/mol. The normalized spacial score (nSPS) is 11.6. The Bertz CT molecular complexity index is 600. The minimum Gasteiger partial charge on any atom is -0.398 e. The molecular weight excluding hydrogens is 254 g/mol. The fraction of sp³-hybridized carbons (Fsp3) is 0.312. The quantitative estimate of drug-likeness (QED) is 0.659. The van der Waals surface area contributed by atoms with Gasteiger partial charge in [0.05, 0.1) is 4.88 Å². The van der Waals surface area contributed by atoms with Crippen molar-refractivity contribution in [3.63, 3.8) is 0 Å². The molecule has 0 atom stereocenters. The van der Waals surface area contributed by atoms with E-state index >= 15 is 0 Å². The molecule has 1 aromatic carbocycles. The van der Waals surface area contributed by atoms with Crippen LogP contribution in [0.15, 0.2) is 30.3 Å². The van der Waals surface area contributed by atoms with Crippen LogP contribution in [0.2, 0.25) is 0 Å². The average Bonchev–Trinajstić information content (AvgIpc) is 2.77. The van der Waals surface area contributed by atoms with Crippen LogP contribution in [-0.2, 0) is 5.41 Å². The van der Waals surface area contributed by atoms with E-state index in [-0.39, 0.29) is 11.2 Å². The first kappa shape index (κ1) is 13.8. The molecule has 1 aromatic heterocycles. The lowest BCUT2D eigenvalue weighted by atomic mass is 9.95. The highest BCUT2D eigenvalue weighted by Gasteiger charge is 2.21. The molecule has 0 bridgehead atoms. The van der Waals surface area contributed by atoms with Gasteiger partial charge in [0.15, 0.2) is 0 Å². The van der Waals surface area contributed by atoms with Crippen LogP contribution in [0, 0.1) is 6.92 Å². The first-order valence-electron chi connectivity index (χ1n) is 6.31. The predicted octanol–water partition coefficient (Wildman–Crippen LogP) is 4.17. The van der Waals surface area contributed by atoms with Gasteiger partial charge in [-0.25, -0.2) is 0 Å². The lowest BCUT2D eigenvalue weighted by molar-refractivity contribution is 0.104. The average molecular weight is 273 g/mol. The summed E-state index contributed by atoms with van der Waals surface area (Å²) in [7, 11) is 0. The molecule has 0 saturated carbocycles. The van der Waals surface area contributed by atoms with Gasteiger partial charge < -0.3 is 5.73 Å². The molecule has 0 aliphatic heterocycles. The first-order chi connectivity index (χ1) is 8.80. The number of carbonyl (C=O) groups excluding carboxylic acids is 1. The summed E-state index contributed by atoms with van der Waals surface area (Å²) in [5, 5.41) is 0. The molecule has 100 valence electrons. The number of hydrogen-bond acceptors (Lipinski definition) is 3. The van der Waals surface area contributed by atoms with Gasteiger partial charge in [-0.15, -0.1) is 11.3 Å². The van der Waals surface area contributed by atoms with Crippen molar-refractivity contribution in [2.24, 2.45) is 0 Å². The van der Waals surface area contributed by atoms with Crippen molar-refractivity contribution in [3.8, 4) is 0 Å². The van der Waals surface area contributed by atoms with Crippen molar-refractivity contribution in [1.29, 1.82) is 0 Å². The molecule has 2 nitrogen and oxygen atoms in total. The van der Waals surface area contributed by atoms with E-state index in [1.54, 1.807) is 17.4 Å². The molecule has 0 saturated heterocycles. The summed E-state index contributed by atoms with van der Waals surface area (Å²) in [6.45, 7) is 8.36. The lowest BCUT2D eigenvalue weighted by Gasteiger charge is -2.15. The third-order valence-corrected chi connectivity index (χ3v) is 4.61. The van der Waals surface area contributed by atoms with Crippen LogP contribution in [0.3, 0.4) is 0 Å². The number of ketones is 1. The van der Waals surface area contributed by atoms with Gasteiger partial charge in [-0.2, -0.15) is 0 Å². The van der Waals surface area contributed by atoms with Crippen molar-refractivity contribution in [3.05, 3.63) is 51.2 Å². The number of thiophene rings is 1. The number of benzene rings is 1. The van der Waals surface area contributed by atoms with Crippen molar-refractivity contribution in [1.82, 2.24) is 0 Å². The lowest BCUT2D eigenvalue weighted by Crippen LogP contribution is -2.08. The molecule has 0 amide bonds. The molecule has 0 aliphatic rings. The third kappa shape index (κ3) is 2.71. The Hall–Kier alpha value is -1.61. The number of nitrogens with two attached hydrogens (primary N) is 1. The molecule has 0 unspecified atom stereocenters. The van der Waals surface area contributed by atoms with Gasteiger partial charge in [0.25, 0.3) is 0 Å². The van der Waals surface area contributed by atoms with E-state index in [1.165, 1.54) is 4.88 Å². The van der Waals surface area contributed by atoms with Gasteiger partial charge >= 0.3 is 0 Å². The van der Waals surface area contributed by atoms with Gasteiger partial charge in [0.2, 0.25) is 5.78 Å². The van der Waals surface area contributed by atoms with E-state index in [1.807, 2.05) is 31.2 Å². The van der Waals surface area contributed by atoms with Gasteiger partial charge in [-0.05, 0) is 36.1 Å². The zero-order valence-electron chi connectivity index (χ0n) is 11.8. The zero-order valence-corrected chi connectivity index (χ0v) is 12.6. The topological polar surface area (TPSA) is 43.1 Å². The number of nitrogen functional groups attached to an aromatic ring is 1. The van der Waals surface area contributed by atoms with Crippen LogP contribution in [0.25, 0.3) is 0 Å². The van der Waals surface area contributed by atoms with Crippen molar-refractivity contribution in [2.75, 3.05) is 5.73 Å². The summed E-state index contributed by atoms with van der Waals surface area (Å²) in [5.74, 6) is 0.0242. The van der Waals surface area contributed by atoms with Crippen LogP contribution < -0.4 is 5.73 Å². The second kappa shape index (κ2) is 4.82. The number of rotatable bonds is 2. The van der Waals surface area contributed by atoms with E-state index in [4.69, 9.17) is 5.73 Å². The number of anilines is 1. The molecule has 19 heavy (non-hydrogen) atoms. The maximum Gasteiger partial charge on any atom is 0.205 e. The summed E-state index contributed by atoms with van der Waals surface area (Å²) in [6, 6.07) is 9.50. The highest BCUT2D eigenvalue weighted by atomic mass is 32.1. The SMILES string of the molecule is Cc1cccc(N)c1C(=O)c1ccc(C(C)(C)C)s1. The van der Waals surface area contributed by atoms with Crippen LogP contribution in [0.1, 0.15) is 46.4 Å². The maximum atomic E-state index is 12.6. The number of aryl methyl sites for hydroxylation is 1. The fourth-order valence-corrected chi connectivity index (χ4v) is 3.00. The molecular formula is C16H19NOS. The Morgan fingerprint density at radius 3 is 2.37 bits per heavy atom. The van der Waals surface area contributed by atoms with Gasteiger partial charge in [-0.3, -0.25) is 4.79 Å². The van der Waals surface area contributed by atoms with E-state index in [9.17, 15) is 4.79 Å². The Morgan fingerprint density at radius 1 is 1.16 bits per heavy atom. The molecule has 0 radical (unpaired) electrons. The summed E-state index contributed by atoms with van der Waals surface area (Å²) < 4.78 is 0. The van der Waals surface area contributed by atoms with Crippen LogP contribution in [0.5, 0.6) is 0 Å². The summed E-state index contributed by atoms with van der Waals surface area (Å²) in [4.78, 5) is 14.5. The highest BCUT2D eigenvalue weighted by molar-refractivity contribution is 7.14. The van der Waals surface area contributed by atoms with Gasteiger partial charge in [0, 0.05) is 16.1 Å². The number of carbonyl (C=O) groups is 1. The maximum absolute atomic E-state index is 12.6. The molecule has 0 spiro atoms. The Balaban J connectivity index is 2.43. The van der Waals surface area contributed by atoms with Crippen LogP contribution >= 0.6 is 11.3 Å². The van der Waals surface area contributed by atoms with Crippen molar-refractivity contribution in [2.45, 2.75) is 33.1 Å². The number of hydrogen-bond donors (Lipinski definition) is 1. The first-order valence-corrected chi connectivity index (χ1v) is 7.12. The zero-order chi connectivity index (χ0) is 14.2. The minimum absolute atomic E-state index is 0.0242. The standard InChI is InChI=1S/C16H19NOS/c1-10-6-5-7-11(17)14(10)15(18)12-8-9-13(19-12)16(2,3)4/h5-9H,17H2,1-4H3. The van der Waals surface area contributed by atoms with Crippen LogP contribution in [0.4, 0.5) is 5.69 Å². The van der Waals surface area contributed by atoms with E-state index in [2.05, 4.69) is 20.8 Å². The summed E-state index contributed by atoms with van der Waals surface area (Å²) in [5.41, 5.74) is 8.11. The van der Waals surface area contributed by atoms with Crippen LogP contribution in [-0.4, -0.2) is 5.78 Å². The third-order valence-electron chi connectivity index (χ3n) is 3.10. The molecule has 0 aliphatic carbocycles. The summed E-state index contributed by atoms with van der Waals surface area (Å²) in [6.07, 6.45) is 0. The molecule has 0 fully saturated rings. The molecule has 2 aromatic rings. The molecule has 2 rings (SSSR count). The monoisotopic (exact) mass is 273 g/mol. The van der Waals surface area contributed by atoms with E-state index in [0.717, 1.165) is 10.4 Å².